The van der Waals surface area contributed by atoms with E-state index in [1.165, 1.54) is 12.1 Å². The molecule has 4 amide bonds. The van der Waals surface area contributed by atoms with Crippen molar-refractivity contribution in [3.63, 3.8) is 0 Å². The molecule has 3 unspecified atom stereocenters. The van der Waals surface area contributed by atoms with Crippen LogP contribution in [0.2, 0.25) is 0 Å². The fourth-order valence-electron chi connectivity index (χ4n) is 6.11. The second kappa shape index (κ2) is 15.9. The van der Waals surface area contributed by atoms with Crippen LogP contribution in [0.15, 0.2) is 52.9 Å². The summed E-state index contributed by atoms with van der Waals surface area (Å²) in [6.07, 6.45) is 2.06. The Labute approximate surface area is 282 Å². The Morgan fingerprint density at radius 2 is 1.83 bits per heavy atom. The molecule has 4 N–H and O–H groups in total. The van der Waals surface area contributed by atoms with E-state index in [1.54, 1.807) is 6.07 Å². The summed E-state index contributed by atoms with van der Waals surface area (Å²) in [5.74, 6) is 0.871. The number of halogens is 3. The van der Waals surface area contributed by atoms with Crippen molar-refractivity contribution >= 4 is 29.6 Å². The van der Waals surface area contributed by atoms with Crippen LogP contribution >= 0.6 is 11.8 Å². The molecule has 0 aliphatic carbocycles. The Hall–Kier alpha value is -4.00. The number of oxazole rings is 1. The summed E-state index contributed by atoms with van der Waals surface area (Å²) in [4.78, 5) is 41.6. The number of fused-ring (bicyclic) bond motifs is 1. The lowest BCUT2D eigenvalue weighted by Gasteiger charge is -2.17. The highest BCUT2D eigenvalue weighted by atomic mass is 32.2. The summed E-state index contributed by atoms with van der Waals surface area (Å²) in [6.45, 7) is 4.32. The number of rotatable bonds is 15. The minimum atomic E-state index is -4.46. The zero-order valence-electron chi connectivity index (χ0n) is 27.1. The second-order valence-corrected chi connectivity index (χ2v) is 13.9. The van der Waals surface area contributed by atoms with Crippen LogP contribution in [0.3, 0.4) is 0 Å². The van der Waals surface area contributed by atoms with E-state index < -0.39 is 17.6 Å². The maximum Gasteiger partial charge on any atom is 0.416 e. The van der Waals surface area contributed by atoms with Crippen LogP contribution in [0.4, 0.5) is 18.0 Å². The molecule has 2 aliphatic heterocycles. The van der Waals surface area contributed by atoms with Gasteiger partial charge >= 0.3 is 12.2 Å². The number of benzene rings is 2. The van der Waals surface area contributed by atoms with E-state index in [0.29, 0.717) is 29.3 Å². The molecule has 3 aromatic rings. The number of aromatic nitrogens is 1. The molecule has 48 heavy (non-hydrogen) atoms. The van der Waals surface area contributed by atoms with Crippen LogP contribution in [-0.4, -0.2) is 58.5 Å². The van der Waals surface area contributed by atoms with Gasteiger partial charge in [-0.1, -0.05) is 43.0 Å². The van der Waals surface area contributed by atoms with Crippen LogP contribution < -0.4 is 21.3 Å². The molecule has 13 heteroatoms. The second-order valence-electron chi connectivity index (χ2n) is 12.6. The normalized spacial score (nSPS) is 19.4. The number of nitrogens with one attached hydrogen (secondary N) is 4. The molecule has 2 saturated heterocycles. The number of carbonyl (C=O) groups excluding carboxylic acids is 3. The molecular weight excluding hydrogens is 643 g/mol. The molecule has 5 rings (SSSR count). The van der Waals surface area contributed by atoms with E-state index in [9.17, 15) is 27.6 Å². The van der Waals surface area contributed by atoms with Crippen molar-refractivity contribution in [2.45, 2.75) is 94.8 Å². The van der Waals surface area contributed by atoms with E-state index in [2.05, 4.69) is 26.3 Å². The number of urea groups is 1. The maximum atomic E-state index is 13.2. The van der Waals surface area contributed by atoms with Gasteiger partial charge < -0.3 is 25.7 Å². The Morgan fingerprint density at radius 1 is 1.04 bits per heavy atom. The van der Waals surface area contributed by atoms with Crippen molar-refractivity contribution in [1.29, 1.82) is 0 Å². The fraction of sp³-hybridized carbons (Fsp3) is 0.486. The molecule has 3 heterocycles. The summed E-state index contributed by atoms with van der Waals surface area (Å²) >= 11 is 1.88. The molecule has 0 bridgehead atoms. The Balaban J connectivity index is 1.03. The van der Waals surface area contributed by atoms with Gasteiger partial charge in [0.25, 0.3) is 5.91 Å². The van der Waals surface area contributed by atoms with Gasteiger partial charge in [0.2, 0.25) is 11.8 Å². The van der Waals surface area contributed by atoms with Crippen LogP contribution in [0.5, 0.6) is 0 Å². The third-order valence-corrected chi connectivity index (χ3v) is 10.2. The standard InChI is InChI=1S/C35H42F3N5O4S/c1-21-9-8-11-24(19-21)31-30(42-33(47-31)23-14-16-25(17-15-23)35(36,37)38)32(45)39-18-7-3-4-10-22(2)40-28(44)13-6-5-12-27-29-26(20-48-27)41-34(46)43-29/h8-9,11,14-17,19,22,26-27,29H,3-7,10,12-13,18,20H2,1-2H3,(H,39,45)(H,40,44)(H2,41,43,46)/t22?,26?,27-,29?/m0/s1. The number of nitrogens with zero attached hydrogens (tertiary/aromatic N) is 1. The van der Waals surface area contributed by atoms with Gasteiger partial charge in [0.05, 0.1) is 17.6 Å². The first-order chi connectivity index (χ1) is 23.0. The average Bonchev–Trinajstić information content (AvgIpc) is 3.75. The summed E-state index contributed by atoms with van der Waals surface area (Å²) in [6, 6.07) is 12.2. The Morgan fingerprint density at radius 3 is 2.58 bits per heavy atom. The first-order valence-electron chi connectivity index (χ1n) is 16.5. The van der Waals surface area contributed by atoms with E-state index in [0.717, 1.165) is 68.4 Å². The first-order valence-corrected chi connectivity index (χ1v) is 17.5. The topological polar surface area (TPSA) is 125 Å². The predicted octanol–water partition coefficient (Wildman–Crippen LogP) is 6.86. The summed E-state index contributed by atoms with van der Waals surface area (Å²) in [5, 5.41) is 12.3. The van der Waals surface area contributed by atoms with Crippen LogP contribution in [0.1, 0.15) is 79.9 Å². The monoisotopic (exact) mass is 685 g/mol. The molecular formula is C35H42F3N5O4S. The minimum absolute atomic E-state index is 0.0497. The molecule has 9 nitrogen and oxygen atoms in total. The van der Waals surface area contributed by atoms with Gasteiger partial charge in [0.15, 0.2) is 11.5 Å². The lowest BCUT2D eigenvalue weighted by atomic mass is 10.0. The molecule has 0 spiro atoms. The highest BCUT2D eigenvalue weighted by molar-refractivity contribution is 8.00. The molecule has 0 radical (unpaired) electrons. The Kier molecular flexibility index (Phi) is 11.7. The van der Waals surface area contributed by atoms with Crippen LogP contribution in [0.25, 0.3) is 22.8 Å². The first kappa shape index (κ1) is 35.3. The number of aryl methyl sites for hydroxylation is 1. The van der Waals surface area contributed by atoms with E-state index >= 15 is 0 Å². The smallest absolute Gasteiger partial charge is 0.416 e. The number of amides is 4. The molecule has 2 aliphatic rings. The van der Waals surface area contributed by atoms with Crippen molar-refractivity contribution in [3.05, 3.63) is 65.4 Å². The zero-order chi connectivity index (χ0) is 34.3. The quantitative estimate of drug-likeness (QED) is 0.102. The number of hydrogen-bond acceptors (Lipinski definition) is 6. The fourth-order valence-corrected chi connectivity index (χ4v) is 7.66. The number of carbonyl (C=O) groups is 3. The predicted molar refractivity (Wildman–Crippen MR) is 179 cm³/mol. The molecule has 1 aromatic heterocycles. The average molecular weight is 686 g/mol. The highest BCUT2D eigenvalue weighted by Gasteiger charge is 2.42. The third-order valence-electron chi connectivity index (χ3n) is 8.67. The molecule has 258 valence electrons. The number of hydrogen-bond donors (Lipinski definition) is 4. The summed E-state index contributed by atoms with van der Waals surface area (Å²) in [5.41, 5.74) is 1.21. The van der Waals surface area contributed by atoms with Crippen molar-refractivity contribution in [3.8, 4) is 22.8 Å². The van der Waals surface area contributed by atoms with E-state index in [4.69, 9.17) is 4.42 Å². The SMILES string of the molecule is Cc1cccc(-c2oc(-c3ccc(C(F)(F)F)cc3)nc2C(=O)NCCCCCC(C)NC(=O)CCCC[C@@H]2SCC3NC(=O)NC32)c1. The maximum absolute atomic E-state index is 13.2. The van der Waals surface area contributed by atoms with Crippen LogP contribution in [-0.2, 0) is 11.0 Å². The van der Waals surface area contributed by atoms with E-state index in [-0.39, 0.29) is 47.4 Å². The zero-order valence-corrected chi connectivity index (χ0v) is 27.9. The molecule has 2 aromatic carbocycles. The van der Waals surface area contributed by atoms with E-state index in [1.807, 2.05) is 43.8 Å². The third kappa shape index (κ3) is 9.33. The van der Waals surface area contributed by atoms with Crippen LogP contribution in [0, 0.1) is 6.92 Å². The lowest BCUT2D eigenvalue weighted by molar-refractivity contribution is -0.137. The van der Waals surface area contributed by atoms with Gasteiger partial charge in [-0.2, -0.15) is 24.9 Å². The summed E-state index contributed by atoms with van der Waals surface area (Å²) < 4.78 is 45.1. The largest absolute Gasteiger partial charge is 0.435 e. The van der Waals surface area contributed by atoms with Gasteiger partial charge in [-0.3, -0.25) is 9.59 Å². The van der Waals surface area contributed by atoms with Crippen molar-refractivity contribution < 1.29 is 32.0 Å². The van der Waals surface area contributed by atoms with Gasteiger partial charge in [-0.05, 0) is 69.9 Å². The number of thioether (sulfide) groups is 1. The molecule has 0 saturated carbocycles. The number of unbranched alkanes of at least 4 members (excludes halogenated alkanes) is 3. The van der Waals surface area contributed by atoms with Gasteiger partial charge in [0, 0.05) is 41.1 Å². The van der Waals surface area contributed by atoms with Gasteiger partial charge in [0.1, 0.15) is 0 Å². The Bertz CT molecular complexity index is 1580. The molecule has 2 fully saturated rings. The minimum Gasteiger partial charge on any atom is -0.435 e. The highest BCUT2D eigenvalue weighted by Crippen LogP contribution is 2.34. The van der Waals surface area contributed by atoms with Crippen molar-refractivity contribution in [2.24, 2.45) is 0 Å². The summed E-state index contributed by atoms with van der Waals surface area (Å²) in [7, 11) is 0. The van der Waals surface area contributed by atoms with Gasteiger partial charge in [-0.25, -0.2) is 9.78 Å². The molecule has 4 atom stereocenters. The van der Waals surface area contributed by atoms with Crippen molar-refractivity contribution in [2.75, 3.05) is 12.3 Å². The van der Waals surface area contributed by atoms with Crippen molar-refractivity contribution in [1.82, 2.24) is 26.3 Å². The lowest BCUT2D eigenvalue weighted by Crippen LogP contribution is -2.36. The van der Waals surface area contributed by atoms with Gasteiger partial charge in [-0.15, -0.1) is 0 Å². The number of alkyl halides is 3.